The number of rotatable bonds is 7. The number of carbonyl (C=O) groups excluding carboxylic acids is 2. The summed E-state index contributed by atoms with van der Waals surface area (Å²) in [4.78, 5) is 25.8. The highest BCUT2D eigenvalue weighted by Gasteiger charge is 2.34. The Hall–Kier alpha value is -2.21. The molecule has 2 amide bonds. The van der Waals surface area contributed by atoms with E-state index in [0.29, 0.717) is 29.6 Å². The monoisotopic (exact) mass is 333 g/mol. The molecule has 0 N–H and O–H groups in total. The first-order valence-corrected chi connectivity index (χ1v) is 8.09. The van der Waals surface area contributed by atoms with E-state index >= 15 is 0 Å². The molecule has 1 aliphatic heterocycles. The van der Waals surface area contributed by atoms with Crippen molar-refractivity contribution in [3.63, 3.8) is 0 Å². The first-order valence-electron chi connectivity index (χ1n) is 7.27. The summed E-state index contributed by atoms with van der Waals surface area (Å²) >= 11 is 0.961. The molecule has 1 fully saturated rings. The summed E-state index contributed by atoms with van der Waals surface area (Å²) < 4.78 is 10.8. The van der Waals surface area contributed by atoms with Gasteiger partial charge in [-0.15, -0.1) is 0 Å². The zero-order valence-corrected chi connectivity index (χ0v) is 14.0. The van der Waals surface area contributed by atoms with Crippen molar-refractivity contribution < 1.29 is 19.1 Å². The second-order valence-electron chi connectivity index (χ2n) is 4.84. The van der Waals surface area contributed by atoms with E-state index < -0.39 is 0 Å². The number of nitrogens with zero attached hydrogens (tertiary/aromatic N) is 1. The summed E-state index contributed by atoms with van der Waals surface area (Å²) in [6.45, 7) is 6.36. The molecule has 1 saturated heterocycles. The number of thioether (sulfide) groups is 1. The van der Waals surface area contributed by atoms with E-state index in [9.17, 15) is 9.59 Å². The lowest BCUT2D eigenvalue weighted by Gasteiger charge is -2.10. The van der Waals surface area contributed by atoms with Crippen molar-refractivity contribution in [2.45, 2.75) is 13.3 Å². The van der Waals surface area contributed by atoms with E-state index in [1.165, 1.54) is 4.90 Å². The van der Waals surface area contributed by atoms with Gasteiger partial charge in [0.1, 0.15) is 6.61 Å². The van der Waals surface area contributed by atoms with Gasteiger partial charge in [-0.1, -0.05) is 25.6 Å². The average Bonchev–Trinajstić information content (AvgIpc) is 2.81. The van der Waals surface area contributed by atoms with Crippen molar-refractivity contribution in [3.05, 3.63) is 41.3 Å². The second-order valence-corrected chi connectivity index (χ2v) is 5.84. The number of benzene rings is 1. The van der Waals surface area contributed by atoms with Gasteiger partial charge in [0.05, 0.1) is 12.0 Å². The molecule has 0 spiro atoms. The third-order valence-corrected chi connectivity index (χ3v) is 4.07. The number of imide groups is 1. The fourth-order valence-corrected chi connectivity index (χ4v) is 2.97. The lowest BCUT2D eigenvalue weighted by atomic mass is 10.2. The second kappa shape index (κ2) is 7.87. The maximum absolute atomic E-state index is 12.2. The van der Waals surface area contributed by atoms with Crippen LogP contribution in [-0.4, -0.2) is 36.3 Å². The highest BCUT2D eigenvalue weighted by Crippen LogP contribution is 2.34. The molecule has 0 saturated carbocycles. The van der Waals surface area contributed by atoms with E-state index in [0.717, 1.165) is 23.7 Å². The molecule has 6 heteroatoms. The average molecular weight is 333 g/mol. The standard InChI is InChI=1S/C17H19NO4S/c1-4-8-18-16(19)15(23-17(18)20)11-12-6-7-13(22-9-5-2)14(10-12)21-3/h5-7,10-11H,2,4,8-9H2,1,3H3/b15-11+. The largest absolute Gasteiger partial charge is 0.493 e. The summed E-state index contributed by atoms with van der Waals surface area (Å²) in [5, 5.41) is -0.221. The Balaban J connectivity index is 2.24. The lowest BCUT2D eigenvalue weighted by molar-refractivity contribution is -0.122. The Morgan fingerprint density at radius 1 is 1.30 bits per heavy atom. The molecule has 1 aromatic carbocycles. The summed E-state index contributed by atoms with van der Waals surface area (Å²) in [5.41, 5.74) is 0.773. The molecule has 1 aliphatic rings. The molecule has 2 rings (SSSR count). The minimum Gasteiger partial charge on any atom is -0.493 e. The van der Waals surface area contributed by atoms with Crippen LogP contribution < -0.4 is 9.47 Å². The normalized spacial score (nSPS) is 16.1. The Morgan fingerprint density at radius 2 is 2.09 bits per heavy atom. The molecule has 0 bridgehead atoms. The van der Waals surface area contributed by atoms with Gasteiger partial charge >= 0.3 is 0 Å². The third kappa shape index (κ3) is 3.96. The number of ether oxygens (including phenoxy) is 2. The van der Waals surface area contributed by atoms with Crippen molar-refractivity contribution in [2.24, 2.45) is 0 Å². The maximum atomic E-state index is 12.2. The van der Waals surface area contributed by atoms with Crippen LogP contribution in [0.15, 0.2) is 35.8 Å². The van der Waals surface area contributed by atoms with Gasteiger partial charge in [0.15, 0.2) is 11.5 Å². The number of carbonyl (C=O) groups is 2. The molecule has 0 atom stereocenters. The summed E-state index contributed by atoms with van der Waals surface area (Å²) in [5.74, 6) is 0.921. The highest BCUT2D eigenvalue weighted by molar-refractivity contribution is 8.18. The van der Waals surface area contributed by atoms with Crippen molar-refractivity contribution in [3.8, 4) is 11.5 Å². The van der Waals surface area contributed by atoms with Gasteiger partial charge < -0.3 is 9.47 Å². The molecule has 0 aliphatic carbocycles. The van der Waals surface area contributed by atoms with Gasteiger partial charge in [-0.2, -0.15) is 0 Å². The molecular weight excluding hydrogens is 314 g/mol. The molecule has 1 aromatic rings. The quantitative estimate of drug-likeness (QED) is 0.562. The minimum absolute atomic E-state index is 0.221. The van der Waals surface area contributed by atoms with Gasteiger partial charge in [0, 0.05) is 6.54 Å². The predicted octanol–water partition coefficient (Wildman–Crippen LogP) is 3.71. The Kier molecular flexibility index (Phi) is 5.87. The highest BCUT2D eigenvalue weighted by atomic mass is 32.2. The molecule has 1 heterocycles. The number of hydrogen-bond acceptors (Lipinski definition) is 5. The SMILES string of the molecule is C=CCOc1ccc(/C=C2/SC(=O)N(CCC)C2=O)cc1OC. The molecular formula is C17H19NO4S. The third-order valence-electron chi connectivity index (χ3n) is 3.16. The van der Waals surface area contributed by atoms with Crippen LogP contribution in [0.4, 0.5) is 4.79 Å². The predicted molar refractivity (Wildman–Crippen MR) is 91.7 cm³/mol. The van der Waals surface area contributed by atoms with Crippen molar-refractivity contribution in [1.29, 1.82) is 0 Å². The van der Waals surface area contributed by atoms with Crippen molar-refractivity contribution in [2.75, 3.05) is 20.3 Å². The lowest BCUT2D eigenvalue weighted by Crippen LogP contribution is -2.28. The van der Waals surface area contributed by atoms with E-state index in [2.05, 4.69) is 6.58 Å². The smallest absolute Gasteiger partial charge is 0.293 e. The molecule has 0 unspecified atom stereocenters. The van der Waals surface area contributed by atoms with Gasteiger partial charge in [-0.25, -0.2) is 0 Å². The first kappa shape index (κ1) is 17.1. The molecule has 23 heavy (non-hydrogen) atoms. The fourth-order valence-electron chi connectivity index (χ4n) is 2.11. The van der Waals surface area contributed by atoms with Gasteiger partial charge in [0.2, 0.25) is 0 Å². The molecule has 0 aromatic heterocycles. The zero-order chi connectivity index (χ0) is 16.8. The van der Waals surface area contributed by atoms with Gasteiger partial charge in [-0.05, 0) is 42.0 Å². The minimum atomic E-state index is -0.243. The van der Waals surface area contributed by atoms with Crippen LogP contribution >= 0.6 is 11.8 Å². The van der Waals surface area contributed by atoms with Crippen molar-refractivity contribution in [1.82, 2.24) is 4.90 Å². The van der Waals surface area contributed by atoms with Crippen LogP contribution in [0.5, 0.6) is 11.5 Å². The number of hydrogen-bond donors (Lipinski definition) is 0. The number of amides is 2. The van der Waals surface area contributed by atoms with Crippen LogP contribution in [0, 0.1) is 0 Å². The van der Waals surface area contributed by atoms with Gasteiger partial charge in [-0.3, -0.25) is 14.5 Å². The Morgan fingerprint density at radius 3 is 2.74 bits per heavy atom. The van der Waals surface area contributed by atoms with Crippen LogP contribution in [0.25, 0.3) is 6.08 Å². The van der Waals surface area contributed by atoms with Crippen LogP contribution in [0.1, 0.15) is 18.9 Å². The van der Waals surface area contributed by atoms with Crippen LogP contribution in [-0.2, 0) is 4.79 Å². The van der Waals surface area contributed by atoms with E-state index in [4.69, 9.17) is 9.47 Å². The molecule has 5 nitrogen and oxygen atoms in total. The van der Waals surface area contributed by atoms with Crippen molar-refractivity contribution >= 4 is 29.0 Å². The van der Waals surface area contributed by atoms with E-state index in [1.807, 2.05) is 13.0 Å². The van der Waals surface area contributed by atoms with E-state index in [-0.39, 0.29) is 11.1 Å². The summed E-state index contributed by atoms with van der Waals surface area (Å²) in [6.07, 6.45) is 4.09. The molecule has 122 valence electrons. The number of methoxy groups -OCH3 is 1. The fraction of sp³-hybridized carbons (Fsp3) is 0.294. The maximum Gasteiger partial charge on any atom is 0.293 e. The first-order chi connectivity index (χ1) is 11.1. The summed E-state index contributed by atoms with van der Waals surface area (Å²) in [6, 6.07) is 5.35. The zero-order valence-electron chi connectivity index (χ0n) is 13.2. The Labute approximate surface area is 139 Å². The van der Waals surface area contributed by atoms with Crippen LogP contribution in [0.3, 0.4) is 0 Å². The van der Waals surface area contributed by atoms with E-state index in [1.54, 1.807) is 31.4 Å². The van der Waals surface area contributed by atoms with Crippen LogP contribution in [0.2, 0.25) is 0 Å². The molecule has 0 radical (unpaired) electrons. The Bertz CT molecular complexity index is 654. The van der Waals surface area contributed by atoms with Gasteiger partial charge in [0.25, 0.3) is 11.1 Å². The summed E-state index contributed by atoms with van der Waals surface area (Å²) in [7, 11) is 1.55. The topological polar surface area (TPSA) is 55.8 Å².